The summed E-state index contributed by atoms with van der Waals surface area (Å²) in [6.07, 6.45) is 3.34. The maximum absolute atomic E-state index is 13.0. The lowest BCUT2D eigenvalue weighted by atomic mass is 10.3. The second-order valence-corrected chi connectivity index (χ2v) is 4.70. The minimum Gasteiger partial charge on any atom is -0.435 e. The van der Waals surface area contributed by atoms with Crippen LogP contribution in [0.4, 0.5) is 4.39 Å². The molecule has 0 spiro atoms. The van der Waals surface area contributed by atoms with Crippen molar-refractivity contribution in [1.29, 1.82) is 0 Å². The molecule has 5 nitrogen and oxygen atoms in total. The summed E-state index contributed by atoms with van der Waals surface area (Å²) in [5.41, 5.74) is 0.510. The molecule has 0 aliphatic carbocycles. The number of halogens is 2. The summed E-state index contributed by atoms with van der Waals surface area (Å²) in [4.78, 5) is 4.12. The highest BCUT2D eigenvalue weighted by molar-refractivity contribution is 9.10. The molecule has 3 aromatic rings. The zero-order chi connectivity index (χ0) is 13.4. The van der Waals surface area contributed by atoms with Crippen LogP contribution in [0.3, 0.4) is 0 Å². The van der Waals surface area contributed by atoms with Crippen molar-refractivity contribution in [2.24, 2.45) is 0 Å². The van der Waals surface area contributed by atoms with E-state index < -0.39 is 0 Å². The first-order chi connectivity index (χ1) is 9.15. The summed E-state index contributed by atoms with van der Waals surface area (Å²) in [5.74, 6) is 1.17. The van der Waals surface area contributed by atoms with Crippen molar-refractivity contribution in [2.75, 3.05) is 0 Å². The van der Waals surface area contributed by atoms with E-state index in [0.29, 0.717) is 21.7 Å². The summed E-state index contributed by atoms with van der Waals surface area (Å²) in [6.45, 7) is 1.83. The Hall–Kier alpha value is -2.02. The van der Waals surface area contributed by atoms with Crippen molar-refractivity contribution in [1.82, 2.24) is 19.6 Å². The van der Waals surface area contributed by atoms with Crippen LogP contribution in [0.25, 0.3) is 5.65 Å². The Kier molecular flexibility index (Phi) is 2.90. The van der Waals surface area contributed by atoms with Gasteiger partial charge in [0.15, 0.2) is 0 Å². The maximum atomic E-state index is 13.0. The monoisotopic (exact) mass is 322 g/mol. The van der Waals surface area contributed by atoms with Crippen LogP contribution < -0.4 is 4.74 Å². The highest BCUT2D eigenvalue weighted by Crippen LogP contribution is 2.30. The molecule has 0 unspecified atom stereocenters. The first-order valence-corrected chi connectivity index (χ1v) is 6.24. The van der Waals surface area contributed by atoms with Crippen molar-refractivity contribution in [3.05, 3.63) is 46.7 Å². The number of benzene rings is 1. The quantitative estimate of drug-likeness (QED) is 0.727. The van der Waals surface area contributed by atoms with Crippen LogP contribution in [-0.4, -0.2) is 19.6 Å². The average Bonchev–Trinajstić information content (AvgIpc) is 2.76. The van der Waals surface area contributed by atoms with Crippen molar-refractivity contribution < 1.29 is 9.13 Å². The molecular formula is C12H8BrFN4O. The van der Waals surface area contributed by atoms with E-state index in [0.717, 1.165) is 5.82 Å². The van der Waals surface area contributed by atoms with E-state index in [1.54, 1.807) is 16.8 Å². The molecule has 19 heavy (non-hydrogen) atoms. The predicted molar refractivity (Wildman–Crippen MR) is 69.7 cm³/mol. The third-order valence-electron chi connectivity index (χ3n) is 2.57. The number of fused-ring (bicyclic) bond motifs is 1. The molecule has 2 aromatic heterocycles. The number of nitrogens with zero attached hydrogens (tertiary/aromatic N) is 4. The lowest BCUT2D eigenvalue weighted by molar-refractivity contribution is 0.460. The minimum absolute atomic E-state index is 0.315. The van der Waals surface area contributed by atoms with E-state index in [-0.39, 0.29) is 5.82 Å². The van der Waals surface area contributed by atoms with Gasteiger partial charge in [-0.2, -0.15) is 0 Å². The van der Waals surface area contributed by atoms with Crippen molar-refractivity contribution >= 4 is 21.6 Å². The predicted octanol–water partition coefficient (Wildman–Crippen LogP) is 3.13. The normalized spacial score (nSPS) is 10.9. The molecule has 0 N–H and O–H groups in total. The number of hydrogen-bond acceptors (Lipinski definition) is 4. The Morgan fingerprint density at radius 1 is 1.32 bits per heavy atom. The van der Waals surface area contributed by atoms with Gasteiger partial charge in [-0.25, -0.2) is 9.37 Å². The van der Waals surface area contributed by atoms with E-state index in [4.69, 9.17) is 4.74 Å². The van der Waals surface area contributed by atoms with E-state index in [1.807, 2.05) is 6.92 Å². The van der Waals surface area contributed by atoms with Crippen molar-refractivity contribution in [2.45, 2.75) is 6.92 Å². The summed E-state index contributed by atoms with van der Waals surface area (Å²) in [6, 6.07) is 4.16. The third-order valence-corrected chi connectivity index (χ3v) is 3.19. The highest BCUT2D eigenvalue weighted by atomic mass is 79.9. The zero-order valence-corrected chi connectivity index (χ0v) is 11.4. The molecule has 7 heteroatoms. The Morgan fingerprint density at radius 2 is 2.16 bits per heavy atom. The SMILES string of the molecule is Cc1nnc2c(Oc3ccc(F)cc3Br)nccn12. The van der Waals surface area contributed by atoms with Crippen molar-refractivity contribution in [3.63, 3.8) is 0 Å². The number of aromatic nitrogens is 4. The fourth-order valence-electron chi connectivity index (χ4n) is 1.65. The first-order valence-electron chi connectivity index (χ1n) is 5.44. The van der Waals surface area contributed by atoms with Gasteiger partial charge in [0.1, 0.15) is 17.4 Å². The van der Waals surface area contributed by atoms with Crippen molar-refractivity contribution in [3.8, 4) is 11.6 Å². The lowest BCUT2D eigenvalue weighted by Crippen LogP contribution is -1.95. The third kappa shape index (κ3) is 2.17. The van der Waals surface area contributed by atoms with Crippen LogP contribution in [0.1, 0.15) is 5.82 Å². The second-order valence-electron chi connectivity index (χ2n) is 3.85. The summed E-state index contributed by atoms with van der Waals surface area (Å²) in [7, 11) is 0. The first kappa shape index (κ1) is 12.0. The van der Waals surface area contributed by atoms with Crippen LogP contribution in [0, 0.1) is 12.7 Å². The molecule has 0 atom stereocenters. The highest BCUT2D eigenvalue weighted by Gasteiger charge is 2.11. The van der Waals surface area contributed by atoms with Gasteiger partial charge in [-0.15, -0.1) is 10.2 Å². The van der Waals surface area contributed by atoms with Crippen LogP contribution in [0.2, 0.25) is 0 Å². The van der Waals surface area contributed by atoms with Gasteiger partial charge >= 0.3 is 0 Å². The topological polar surface area (TPSA) is 52.3 Å². The van der Waals surface area contributed by atoms with E-state index in [1.165, 1.54) is 18.2 Å². The number of rotatable bonds is 2. The Balaban J connectivity index is 2.06. The lowest BCUT2D eigenvalue weighted by Gasteiger charge is -2.07. The number of aryl methyl sites for hydroxylation is 1. The van der Waals surface area contributed by atoms with Gasteiger partial charge < -0.3 is 4.74 Å². The largest absolute Gasteiger partial charge is 0.435 e. The van der Waals surface area contributed by atoms with E-state index in [9.17, 15) is 4.39 Å². The second kappa shape index (κ2) is 4.58. The Bertz CT molecular complexity index is 759. The average molecular weight is 323 g/mol. The molecule has 96 valence electrons. The van der Waals surface area contributed by atoms with Crippen LogP contribution in [0.15, 0.2) is 35.1 Å². The minimum atomic E-state index is -0.344. The molecule has 0 radical (unpaired) electrons. The molecule has 0 saturated carbocycles. The molecule has 0 amide bonds. The molecule has 3 rings (SSSR count). The summed E-state index contributed by atoms with van der Waals surface area (Å²) >= 11 is 3.24. The van der Waals surface area contributed by atoms with Gasteiger partial charge in [-0.3, -0.25) is 4.40 Å². The smallest absolute Gasteiger partial charge is 0.265 e. The van der Waals surface area contributed by atoms with Crippen LogP contribution in [0.5, 0.6) is 11.6 Å². The Labute approximate surface area is 116 Å². The van der Waals surface area contributed by atoms with Gasteiger partial charge in [0, 0.05) is 12.4 Å². The number of hydrogen-bond donors (Lipinski definition) is 0. The van der Waals surface area contributed by atoms with E-state index >= 15 is 0 Å². The number of ether oxygens (including phenoxy) is 1. The maximum Gasteiger partial charge on any atom is 0.265 e. The molecule has 0 bridgehead atoms. The fourth-order valence-corrected chi connectivity index (χ4v) is 2.08. The van der Waals surface area contributed by atoms with Gasteiger partial charge in [0.25, 0.3) is 5.88 Å². The van der Waals surface area contributed by atoms with Gasteiger partial charge in [0.2, 0.25) is 5.65 Å². The molecule has 0 saturated heterocycles. The fraction of sp³-hybridized carbons (Fsp3) is 0.0833. The molecule has 0 aliphatic rings. The molecule has 0 fully saturated rings. The standard InChI is InChI=1S/C12H8BrFN4O/c1-7-16-17-11-12(15-4-5-18(7)11)19-10-3-2-8(14)6-9(10)13/h2-6H,1H3. The molecule has 0 aliphatic heterocycles. The van der Waals surface area contributed by atoms with Gasteiger partial charge in [-0.05, 0) is 41.1 Å². The molecule has 1 aromatic carbocycles. The van der Waals surface area contributed by atoms with Gasteiger partial charge in [-0.1, -0.05) is 0 Å². The van der Waals surface area contributed by atoms with E-state index in [2.05, 4.69) is 31.1 Å². The summed E-state index contributed by atoms with van der Waals surface area (Å²) in [5, 5.41) is 7.95. The molecular weight excluding hydrogens is 315 g/mol. The Morgan fingerprint density at radius 3 is 2.95 bits per heavy atom. The van der Waals surface area contributed by atoms with Gasteiger partial charge in [0.05, 0.1) is 4.47 Å². The van der Waals surface area contributed by atoms with Crippen LogP contribution in [-0.2, 0) is 0 Å². The molecule has 2 heterocycles. The van der Waals surface area contributed by atoms with Crippen LogP contribution >= 0.6 is 15.9 Å². The summed E-state index contributed by atoms with van der Waals surface area (Å²) < 4.78 is 20.9. The zero-order valence-electron chi connectivity index (χ0n) is 9.84.